The van der Waals surface area contributed by atoms with Gasteiger partial charge in [-0.05, 0) is 47.0 Å². The van der Waals surface area contributed by atoms with E-state index in [4.69, 9.17) is 9.47 Å². The van der Waals surface area contributed by atoms with Gasteiger partial charge in [0.2, 0.25) is 0 Å². The first-order valence-corrected chi connectivity index (χ1v) is 13.1. The Hall–Kier alpha value is -4.50. The molecule has 198 valence electrons. The maximum Gasteiger partial charge on any atom is 0.252 e. The van der Waals surface area contributed by atoms with Gasteiger partial charge in [-0.15, -0.1) is 5.10 Å². The summed E-state index contributed by atoms with van der Waals surface area (Å²) >= 11 is 0. The first-order chi connectivity index (χ1) is 19.1. The summed E-state index contributed by atoms with van der Waals surface area (Å²) in [6.45, 7) is 5.33. The van der Waals surface area contributed by atoms with E-state index in [1.807, 2.05) is 41.1 Å². The summed E-state index contributed by atoms with van der Waals surface area (Å²) in [5.74, 6) is 2.11. The summed E-state index contributed by atoms with van der Waals surface area (Å²) < 4.78 is 13.3. The quantitative estimate of drug-likeness (QED) is 0.312. The van der Waals surface area contributed by atoms with Crippen molar-refractivity contribution in [3.8, 4) is 11.5 Å². The summed E-state index contributed by atoms with van der Waals surface area (Å²) in [4.78, 5) is 18.4. The predicted molar refractivity (Wildman–Crippen MR) is 148 cm³/mol. The normalized spacial score (nSPS) is 12.8. The monoisotopic (exact) mass is 522 g/mol. The number of H-pyrrole nitrogens is 1. The fourth-order valence-corrected chi connectivity index (χ4v) is 4.86. The van der Waals surface area contributed by atoms with Crippen LogP contribution in [-0.4, -0.2) is 43.3 Å². The molecule has 3 heterocycles. The first kappa shape index (κ1) is 24.8. The molecule has 39 heavy (non-hydrogen) atoms. The number of aromatic nitrogens is 5. The van der Waals surface area contributed by atoms with Gasteiger partial charge < -0.3 is 14.5 Å². The number of aromatic amines is 1. The molecule has 0 unspecified atom stereocenters. The van der Waals surface area contributed by atoms with Gasteiger partial charge in [-0.2, -0.15) is 0 Å². The number of ether oxygens (including phenoxy) is 2. The Bertz CT molecular complexity index is 1630. The molecule has 1 N–H and O–H groups in total. The van der Waals surface area contributed by atoms with Crippen LogP contribution in [0.25, 0.3) is 10.9 Å². The van der Waals surface area contributed by atoms with E-state index in [0.29, 0.717) is 56.5 Å². The lowest BCUT2D eigenvalue weighted by Gasteiger charge is -2.22. The lowest BCUT2D eigenvalue weighted by atomic mass is 10.1. The SMILES string of the molecule is Cc1ccc(CN(Cc2cc3cc4c(cc3[nH]c2=O)OCCO4)Cc2nnnn2CCc2ccccc2)cc1. The van der Waals surface area contributed by atoms with E-state index in [0.717, 1.165) is 28.7 Å². The Morgan fingerprint density at radius 3 is 2.46 bits per heavy atom. The Kier molecular flexibility index (Phi) is 7.05. The van der Waals surface area contributed by atoms with Crippen LogP contribution in [0, 0.1) is 6.92 Å². The summed E-state index contributed by atoms with van der Waals surface area (Å²) in [6, 6.07) is 24.4. The van der Waals surface area contributed by atoms with Crippen LogP contribution in [0.4, 0.5) is 0 Å². The van der Waals surface area contributed by atoms with E-state index >= 15 is 0 Å². The van der Waals surface area contributed by atoms with Gasteiger partial charge in [-0.1, -0.05) is 60.2 Å². The average molecular weight is 523 g/mol. The number of benzene rings is 3. The van der Waals surface area contributed by atoms with Gasteiger partial charge in [0, 0.05) is 36.7 Å². The second-order valence-electron chi connectivity index (χ2n) is 9.89. The molecule has 2 aromatic heterocycles. The summed E-state index contributed by atoms with van der Waals surface area (Å²) in [5.41, 5.74) is 4.85. The Morgan fingerprint density at radius 1 is 0.897 bits per heavy atom. The number of hydrogen-bond donors (Lipinski definition) is 1. The van der Waals surface area contributed by atoms with Gasteiger partial charge >= 0.3 is 0 Å². The Balaban J connectivity index is 1.27. The molecular weight excluding hydrogens is 492 g/mol. The number of pyridine rings is 1. The van der Waals surface area contributed by atoms with Gasteiger partial charge in [0.15, 0.2) is 17.3 Å². The van der Waals surface area contributed by atoms with E-state index in [1.165, 1.54) is 11.1 Å². The molecule has 0 amide bonds. The van der Waals surface area contributed by atoms with Gasteiger partial charge in [0.1, 0.15) is 13.2 Å². The second-order valence-corrected chi connectivity index (χ2v) is 9.89. The third-order valence-corrected chi connectivity index (χ3v) is 6.93. The predicted octanol–water partition coefficient (Wildman–Crippen LogP) is 4.04. The van der Waals surface area contributed by atoms with Crippen LogP contribution in [0.15, 0.2) is 77.6 Å². The highest BCUT2D eigenvalue weighted by atomic mass is 16.6. The van der Waals surface area contributed by atoms with Gasteiger partial charge in [-0.3, -0.25) is 9.69 Å². The standard InChI is InChI=1S/C30H30N6O3/c1-21-7-9-23(10-8-21)18-35(20-29-32-33-34-36(29)12-11-22-5-3-2-4-6-22)19-25-15-24-16-27-28(39-14-13-38-27)17-26(24)31-30(25)37/h2-10,15-17H,11-14,18-20H2,1H3,(H,31,37). The molecule has 9 heteroatoms. The van der Waals surface area contributed by atoms with Crippen molar-refractivity contribution >= 4 is 10.9 Å². The zero-order chi connectivity index (χ0) is 26.6. The van der Waals surface area contributed by atoms with E-state index in [2.05, 4.69) is 68.7 Å². The van der Waals surface area contributed by atoms with Crippen LogP contribution in [0.1, 0.15) is 28.1 Å². The van der Waals surface area contributed by atoms with Crippen molar-refractivity contribution in [3.63, 3.8) is 0 Å². The smallest absolute Gasteiger partial charge is 0.252 e. The molecule has 3 aromatic carbocycles. The van der Waals surface area contributed by atoms with E-state index < -0.39 is 0 Å². The maximum absolute atomic E-state index is 13.2. The highest BCUT2D eigenvalue weighted by Crippen LogP contribution is 2.33. The maximum atomic E-state index is 13.2. The molecule has 0 aliphatic carbocycles. The number of rotatable bonds is 9. The van der Waals surface area contributed by atoms with Crippen LogP contribution in [-0.2, 0) is 32.6 Å². The molecule has 0 spiro atoms. The van der Waals surface area contributed by atoms with Gasteiger partial charge in [0.05, 0.1) is 12.1 Å². The molecule has 0 saturated carbocycles. The van der Waals surface area contributed by atoms with Crippen molar-refractivity contribution in [2.45, 2.75) is 39.5 Å². The van der Waals surface area contributed by atoms with E-state index in [1.54, 1.807) is 0 Å². The highest BCUT2D eigenvalue weighted by Gasteiger charge is 2.18. The molecule has 1 aliphatic rings. The molecule has 0 atom stereocenters. The third kappa shape index (κ3) is 5.83. The van der Waals surface area contributed by atoms with Gasteiger partial charge in [-0.25, -0.2) is 4.68 Å². The van der Waals surface area contributed by atoms with E-state index in [9.17, 15) is 4.79 Å². The molecule has 6 rings (SSSR count). The fraction of sp³-hybridized carbons (Fsp3) is 0.267. The Labute approximate surface area is 226 Å². The van der Waals surface area contributed by atoms with Crippen molar-refractivity contribution in [2.75, 3.05) is 13.2 Å². The van der Waals surface area contributed by atoms with Crippen molar-refractivity contribution in [2.24, 2.45) is 0 Å². The molecule has 5 aromatic rings. The van der Waals surface area contributed by atoms with Crippen LogP contribution in [0.3, 0.4) is 0 Å². The Morgan fingerprint density at radius 2 is 1.67 bits per heavy atom. The minimum Gasteiger partial charge on any atom is -0.486 e. The van der Waals surface area contributed by atoms with Crippen LogP contribution >= 0.6 is 0 Å². The van der Waals surface area contributed by atoms with Gasteiger partial charge in [0.25, 0.3) is 5.56 Å². The minimum absolute atomic E-state index is 0.128. The number of fused-ring (bicyclic) bond motifs is 2. The van der Waals surface area contributed by atoms with Crippen molar-refractivity contribution in [1.29, 1.82) is 0 Å². The van der Waals surface area contributed by atoms with Crippen LogP contribution in [0.2, 0.25) is 0 Å². The zero-order valence-electron chi connectivity index (χ0n) is 21.8. The highest BCUT2D eigenvalue weighted by molar-refractivity contribution is 5.83. The largest absolute Gasteiger partial charge is 0.486 e. The first-order valence-electron chi connectivity index (χ1n) is 13.1. The number of aryl methyl sites for hydroxylation is 3. The molecular formula is C30H30N6O3. The molecule has 0 bridgehead atoms. The van der Waals surface area contributed by atoms with E-state index in [-0.39, 0.29) is 5.56 Å². The summed E-state index contributed by atoms with van der Waals surface area (Å²) in [6.07, 6.45) is 0.831. The molecule has 0 fully saturated rings. The molecule has 0 saturated heterocycles. The second kappa shape index (κ2) is 11.1. The summed E-state index contributed by atoms with van der Waals surface area (Å²) in [7, 11) is 0. The summed E-state index contributed by atoms with van der Waals surface area (Å²) in [5, 5.41) is 13.4. The zero-order valence-corrected chi connectivity index (χ0v) is 21.8. The van der Waals surface area contributed by atoms with Crippen molar-refractivity contribution in [1.82, 2.24) is 30.1 Å². The molecule has 9 nitrogen and oxygen atoms in total. The lowest BCUT2D eigenvalue weighted by Crippen LogP contribution is -2.28. The third-order valence-electron chi connectivity index (χ3n) is 6.93. The molecule has 1 aliphatic heterocycles. The van der Waals surface area contributed by atoms with Crippen molar-refractivity contribution < 1.29 is 9.47 Å². The minimum atomic E-state index is -0.128. The lowest BCUT2D eigenvalue weighted by molar-refractivity contribution is 0.172. The van der Waals surface area contributed by atoms with Crippen LogP contribution < -0.4 is 15.0 Å². The molecule has 0 radical (unpaired) electrons. The number of nitrogens with zero attached hydrogens (tertiary/aromatic N) is 5. The number of nitrogens with one attached hydrogen (secondary N) is 1. The fourth-order valence-electron chi connectivity index (χ4n) is 4.86. The number of hydrogen-bond acceptors (Lipinski definition) is 7. The number of tetrazole rings is 1. The average Bonchev–Trinajstić information content (AvgIpc) is 3.40. The van der Waals surface area contributed by atoms with Crippen LogP contribution in [0.5, 0.6) is 11.5 Å². The topological polar surface area (TPSA) is 98.2 Å². The van der Waals surface area contributed by atoms with Crippen molar-refractivity contribution in [3.05, 3.63) is 111 Å².